The van der Waals surface area contributed by atoms with Gasteiger partial charge < -0.3 is 20.1 Å². The molecule has 3 aromatic rings. The molecule has 1 aromatic heterocycles. The molecule has 146 valence electrons. The fourth-order valence-corrected chi connectivity index (χ4v) is 2.69. The van der Waals surface area contributed by atoms with Crippen molar-refractivity contribution in [3.8, 4) is 17.6 Å². The number of methoxy groups -OCH3 is 2. The van der Waals surface area contributed by atoms with E-state index in [1.807, 2.05) is 24.3 Å². The molecule has 29 heavy (non-hydrogen) atoms. The van der Waals surface area contributed by atoms with Gasteiger partial charge in [0.05, 0.1) is 31.4 Å². The molecular formula is C22H20N4O3. The maximum atomic E-state index is 12.4. The van der Waals surface area contributed by atoms with Gasteiger partial charge in [-0.15, -0.1) is 0 Å². The summed E-state index contributed by atoms with van der Waals surface area (Å²) in [6.45, 7) is 0.542. The zero-order chi connectivity index (χ0) is 20.6. The first kappa shape index (κ1) is 19.7. The highest BCUT2D eigenvalue weighted by Crippen LogP contribution is 2.27. The number of anilines is 2. The van der Waals surface area contributed by atoms with Gasteiger partial charge >= 0.3 is 0 Å². The second-order valence-corrected chi connectivity index (χ2v) is 6.12. The van der Waals surface area contributed by atoms with Crippen LogP contribution >= 0.6 is 0 Å². The molecule has 2 N–H and O–H groups in total. The molecular weight excluding hydrogens is 368 g/mol. The van der Waals surface area contributed by atoms with E-state index in [4.69, 9.17) is 14.7 Å². The molecule has 7 heteroatoms. The summed E-state index contributed by atoms with van der Waals surface area (Å²) in [6.07, 6.45) is 1.50. The van der Waals surface area contributed by atoms with Gasteiger partial charge in [-0.25, -0.2) is 4.98 Å². The van der Waals surface area contributed by atoms with Crippen molar-refractivity contribution in [2.45, 2.75) is 6.54 Å². The van der Waals surface area contributed by atoms with E-state index in [-0.39, 0.29) is 5.91 Å². The van der Waals surface area contributed by atoms with Crippen molar-refractivity contribution in [2.75, 3.05) is 24.9 Å². The van der Waals surface area contributed by atoms with Gasteiger partial charge in [0.25, 0.3) is 5.91 Å². The van der Waals surface area contributed by atoms with E-state index in [1.54, 1.807) is 50.6 Å². The molecule has 0 aliphatic heterocycles. The van der Waals surface area contributed by atoms with Crippen LogP contribution in [0.2, 0.25) is 0 Å². The van der Waals surface area contributed by atoms with Crippen LogP contribution in [-0.2, 0) is 6.54 Å². The van der Waals surface area contributed by atoms with Crippen molar-refractivity contribution in [3.05, 3.63) is 77.5 Å². The van der Waals surface area contributed by atoms with Gasteiger partial charge in [0.15, 0.2) is 11.5 Å². The van der Waals surface area contributed by atoms with Crippen LogP contribution < -0.4 is 20.1 Å². The molecule has 0 fully saturated rings. The maximum absolute atomic E-state index is 12.4. The molecule has 0 unspecified atom stereocenters. The third kappa shape index (κ3) is 5.02. The molecule has 0 atom stereocenters. The van der Waals surface area contributed by atoms with Crippen molar-refractivity contribution < 1.29 is 14.3 Å². The average Bonchev–Trinajstić information content (AvgIpc) is 2.77. The second kappa shape index (κ2) is 9.24. The van der Waals surface area contributed by atoms with Gasteiger partial charge in [0, 0.05) is 18.4 Å². The van der Waals surface area contributed by atoms with Crippen LogP contribution in [0.25, 0.3) is 0 Å². The Morgan fingerprint density at radius 1 is 1.07 bits per heavy atom. The van der Waals surface area contributed by atoms with Crippen LogP contribution in [0.3, 0.4) is 0 Å². The Labute approximate surface area is 168 Å². The maximum Gasteiger partial charge on any atom is 0.257 e. The number of rotatable bonds is 7. The quantitative estimate of drug-likeness (QED) is 0.638. The molecule has 0 aliphatic rings. The van der Waals surface area contributed by atoms with Gasteiger partial charge in [-0.2, -0.15) is 5.26 Å². The van der Waals surface area contributed by atoms with Gasteiger partial charge in [0.2, 0.25) is 0 Å². The highest BCUT2D eigenvalue weighted by molar-refractivity contribution is 6.04. The van der Waals surface area contributed by atoms with Crippen molar-refractivity contribution in [1.82, 2.24) is 4.98 Å². The molecule has 0 radical (unpaired) electrons. The highest BCUT2D eigenvalue weighted by atomic mass is 16.5. The Morgan fingerprint density at radius 2 is 1.90 bits per heavy atom. The lowest BCUT2D eigenvalue weighted by Gasteiger charge is -2.11. The molecule has 3 rings (SSSR count). The van der Waals surface area contributed by atoms with E-state index >= 15 is 0 Å². The minimum atomic E-state index is -0.293. The number of hydrogen-bond donors (Lipinski definition) is 2. The minimum absolute atomic E-state index is 0.293. The lowest BCUT2D eigenvalue weighted by Crippen LogP contribution is -2.12. The summed E-state index contributed by atoms with van der Waals surface area (Å²) in [5.74, 6) is 1.68. The number of ether oxygens (including phenoxy) is 2. The smallest absolute Gasteiger partial charge is 0.257 e. The third-order valence-corrected chi connectivity index (χ3v) is 4.20. The minimum Gasteiger partial charge on any atom is -0.493 e. The van der Waals surface area contributed by atoms with Crippen LogP contribution in [0.1, 0.15) is 21.5 Å². The molecule has 0 bridgehead atoms. The van der Waals surface area contributed by atoms with Crippen molar-refractivity contribution in [3.63, 3.8) is 0 Å². The molecule has 0 spiro atoms. The van der Waals surface area contributed by atoms with E-state index in [1.165, 1.54) is 6.20 Å². The fourth-order valence-electron chi connectivity index (χ4n) is 2.69. The van der Waals surface area contributed by atoms with Crippen LogP contribution in [0, 0.1) is 11.3 Å². The summed E-state index contributed by atoms with van der Waals surface area (Å²) in [6, 6.07) is 17.9. The van der Waals surface area contributed by atoms with Crippen molar-refractivity contribution >= 4 is 17.4 Å². The molecule has 1 amide bonds. The monoisotopic (exact) mass is 388 g/mol. The Hall–Kier alpha value is -4.05. The zero-order valence-electron chi connectivity index (χ0n) is 16.1. The van der Waals surface area contributed by atoms with Crippen LogP contribution in [0.4, 0.5) is 11.5 Å². The van der Waals surface area contributed by atoms with Crippen molar-refractivity contribution in [2.24, 2.45) is 0 Å². The number of hydrogen-bond acceptors (Lipinski definition) is 6. The Bertz CT molecular complexity index is 1040. The lowest BCUT2D eigenvalue weighted by atomic mass is 10.2. The number of carbonyl (C=O) groups excluding carboxylic acids is 1. The fraction of sp³-hybridized carbons (Fsp3) is 0.136. The van der Waals surface area contributed by atoms with E-state index in [9.17, 15) is 4.79 Å². The first-order chi connectivity index (χ1) is 14.1. The standard InChI is InChI=1S/C22H20N4O3/c1-28-19-8-6-16(11-20(19)29-2)13-24-21-9-7-17(14-25-21)22(27)26-18-5-3-4-15(10-18)12-23/h3-11,14H,13H2,1-2H3,(H,24,25)(H,26,27). The number of nitrogens with zero attached hydrogens (tertiary/aromatic N) is 2. The number of carbonyl (C=O) groups is 1. The van der Waals surface area contributed by atoms with Crippen molar-refractivity contribution in [1.29, 1.82) is 5.26 Å². The number of benzene rings is 2. The van der Waals surface area contributed by atoms with E-state index in [0.29, 0.717) is 40.7 Å². The van der Waals surface area contributed by atoms with E-state index in [2.05, 4.69) is 15.6 Å². The topological polar surface area (TPSA) is 96.3 Å². The zero-order valence-corrected chi connectivity index (χ0v) is 16.1. The summed E-state index contributed by atoms with van der Waals surface area (Å²) in [5.41, 5.74) is 2.47. The summed E-state index contributed by atoms with van der Waals surface area (Å²) < 4.78 is 10.5. The molecule has 2 aromatic carbocycles. The molecule has 1 heterocycles. The second-order valence-electron chi connectivity index (χ2n) is 6.12. The van der Waals surface area contributed by atoms with Gasteiger partial charge in [-0.05, 0) is 48.0 Å². The van der Waals surface area contributed by atoms with Crippen LogP contribution in [-0.4, -0.2) is 25.1 Å². The number of nitrogens with one attached hydrogen (secondary N) is 2. The first-order valence-corrected chi connectivity index (χ1v) is 8.85. The summed E-state index contributed by atoms with van der Waals surface area (Å²) in [4.78, 5) is 16.6. The number of nitriles is 1. The molecule has 0 saturated heterocycles. The Balaban J connectivity index is 1.61. The Kier molecular flexibility index (Phi) is 6.28. The number of amides is 1. The predicted molar refractivity (Wildman–Crippen MR) is 110 cm³/mol. The largest absolute Gasteiger partial charge is 0.493 e. The predicted octanol–water partition coefficient (Wildman–Crippen LogP) is 3.83. The molecule has 7 nitrogen and oxygen atoms in total. The van der Waals surface area contributed by atoms with E-state index < -0.39 is 0 Å². The first-order valence-electron chi connectivity index (χ1n) is 8.85. The Morgan fingerprint density at radius 3 is 2.59 bits per heavy atom. The van der Waals surface area contributed by atoms with Crippen LogP contribution in [0.5, 0.6) is 11.5 Å². The summed E-state index contributed by atoms with van der Waals surface area (Å²) >= 11 is 0. The lowest BCUT2D eigenvalue weighted by molar-refractivity contribution is 0.102. The average molecular weight is 388 g/mol. The van der Waals surface area contributed by atoms with Gasteiger partial charge in [-0.3, -0.25) is 4.79 Å². The highest BCUT2D eigenvalue weighted by Gasteiger charge is 2.08. The normalized spacial score (nSPS) is 9.97. The van der Waals surface area contributed by atoms with Gasteiger partial charge in [-0.1, -0.05) is 12.1 Å². The number of pyridine rings is 1. The van der Waals surface area contributed by atoms with E-state index in [0.717, 1.165) is 5.56 Å². The SMILES string of the molecule is COc1ccc(CNc2ccc(C(=O)Nc3cccc(C#N)c3)cn2)cc1OC. The number of aromatic nitrogens is 1. The summed E-state index contributed by atoms with van der Waals surface area (Å²) in [5, 5.41) is 14.9. The third-order valence-electron chi connectivity index (χ3n) is 4.20. The van der Waals surface area contributed by atoms with Crippen LogP contribution in [0.15, 0.2) is 60.8 Å². The molecule has 0 saturated carbocycles. The van der Waals surface area contributed by atoms with Gasteiger partial charge in [0.1, 0.15) is 5.82 Å². The summed E-state index contributed by atoms with van der Waals surface area (Å²) in [7, 11) is 3.19. The molecule has 0 aliphatic carbocycles.